The second-order valence-corrected chi connectivity index (χ2v) is 5.25. The second kappa shape index (κ2) is 5.58. The summed E-state index contributed by atoms with van der Waals surface area (Å²) in [5, 5.41) is 14.0. The molecule has 0 saturated carbocycles. The van der Waals surface area contributed by atoms with Crippen LogP contribution in [0.25, 0.3) is 21.8 Å². The van der Waals surface area contributed by atoms with Gasteiger partial charge in [0.2, 0.25) is 5.95 Å². The SMILES string of the molecule is O=C(O)c1cnc(Nc2c3ccccc3nc3ccccc23)nc1. The number of benzene rings is 2. The first kappa shape index (κ1) is 14.1. The van der Waals surface area contributed by atoms with Crippen LogP contribution in [-0.4, -0.2) is 26.0 Å². The van der Waals surface area contributed by atoms with Gasteiger partial charge in [-0.25, -0.2) is 19.7 Å². The van der Waals surface area contributed by atoms with Gasteiger partial charge in [0.15, 0.2) is 0 Å². The summed E-state index contributed by atoms with van der Waals surface area (Å²) < 4.78 is 0. The molecule has 2 N–H and O–H groups in total. The van der Waals surface area contributed by atoms with Gasteiger partial charge in [0.25, 0.3) is 0 Å². The smallest absolute Gasteiger partial charge is 0.338 e. The lowest BCUT2D eigenvalue weighted by atomic mass is 10.1. The van der Waals surface area contributed by atoms with Gasteiger partial charge in [-0.05, 0) is 12.1 Å². The lowest BCUT2D eigenvalue weighted by Crippen LogP contribution is -2.03. The number of carboxylic acid groups (broad SMARTS) is 1. The molecule has 0 aliphatic carbocycles. The Bertz CT molecular complexity index is 1010. The number of nitrogens with one attached hydrogen (secondary N) is 1. The van der Waals surface area contributed by atoms with E-state index >= 15 is 0 Å². The van der Waals surface area contributed by atoms with Crippen LogP contribution in [0.3, 0.4) is 0 Å². The van der Waals surface area contributed by atoms with Crippen LogP contribution in [-0.2, 0) is 0 Å². The Morgan fingerprint density at radius 1 is 0.875 bits per heavy atom. The molecule has 24 heavy (non-hydrogen) atoms. The minimum atomic E-state index is -1.05. The number of hydrogen-bond donors (Lipinski definition) is 2. The monoisotopic (exact) mass is 316 g/mol. The Morgan fingerprint density at radius 3 is 1.96 bits per heavy atom. The van der Waals surface area contributed by atoms with Crippen LogP contribution in [0.4, 0.5) is 11.6 Å². The lowest BCUT2D eigenvalue weighted by Gasteiger charge is -2.12. The highest BCUT2D eigenvalue weighted by molar-refractivity contribution is 6.08. The fourth-order valence-corrected chi connectivity index (χ4v) is 2.59. The maximum atomic E-state index is 10.9. The number of rotatable bonds is 3. The average Bonchev–Trinajstić information content (AvgIpc) is 2.62. The lowest BCUT2D eigenvalue weighted by molar-refractivity contribution is 0.0696. The second-order valence-electron chi connectivity index (χ2n) is 5.25. The highest BCUT2D eigenvalue weighted by Crippen LogP contribution is 2.31. The molecule has 4 rings (SSSR count). The average molecular weight is 316 g/mol. The Morgan fingerprint density at radius 2 is 1.42 bits per heavy atom. The van der Waals surface area contributed by atoms with Gasteiger partial charge >= 0.3 is 5.97 Å². The molecule has 0 spiro atoms. The molecule has 0 fully saturated rings. The standard InChI is InChI=1S/C18H12N4O2/c23-17(24)11-9-19-18(20-10-11)22-16-12-5-1-3-7-14(12)21-15-8-4-2-6-13(15)16/h1-10H,(H,23,24)(H,19,20,21,22). The molecule has 0 amide bonds. The van der Waals surface area contributed by atoms with Crippen molar-refractivity contribution in [1.29, 1.82) is 0 Å². The van der Waals surface area contributed by atoms with Crippen LogP contribution in [0.5, 0.6) is 0 Å². The summed E-state index contributed by atoms with van der Waals surface area (Å²) in [5.74, 6) is -0.720. The van der Waals surface area contributed by atoms with Gasteiger partial charge in [-0.2, -0.15) is 0 Å². The number of carbonyl (C=O) groups is 1. The van der Waals surface area contributed by atoms with Gasteiger partial charge in [0, 0.05) is 23.2 Å². The minimum Gasteiger partial charge on any atom is -0.478 e. The van der Waals surface area contributed by atoms with Gasteiger partial charge < -0.3 is 10.4 Å². The number of pyridine rings is 1. The van der Waals surface area contributed by atoms with Crippen LogP contribution < -0.4 is 5.32 Å². The van der Waals surface area contributed by atoms with Crippen molar-refractivity contribution in [2.75, 3.05) is 5.32 Å². The van der Waals surface area contributed by atoms with E-state index in [9.17, 15) is 4.79 Å². The third-order valence-electron chi connectivity index (χ3n) is 3.72. The minimum absolute atomic E-state index is 0.0463. The normalized spacial score (nSPS) is 10.8. The van der Waals surface area contributed by atoms with E-state index in [1.807, 2.05) is 48.5 Å². The van der Waals surface area contributed by atoms with E-state index in [-0.39, 0.29) is 5.56 Å². The number of anilines is 2. The van der Waals surface area contributed by atoms with Gasteiger partial charge in [-0.1, -0.05) is 36.4 Å². The molecule has 0 atom stereocenters. The summed E-state index contributed by atoms with van der Waals surface area (Å²) in [6.07, 6.45) is 2.56. The van der Waals surface area contributed by atoms with Crippen molar-refractivity contribution < 1.29 is 9.90 Å². The Balaban J connectivity index is 1.88. The van der Waals surface area contributed by atoms with Gasteiger partial charge in [-0.15, -0.1) is 0 Å². The summed E-state index contributed by atoms with van der Waals surface area (Å²) in [7, 11) is 0. The van der Waals surface area contributed by atoms with Crippen molar-refractivity contribution in [2.24, 2.45) is 0 Å². The first-order valence-corrected chi connectivity index (χ1v) is 7.32. The number of fused-ring (bicyclic) bond motifs is 2. The van der Waals surface area contributed by atoms with Crippen molar-refractivity contribution in [1.82, 2.24) is 15.0 Å². The largest absolute Gasteiger partial charge is 0.478 e. The zero-order valence-corrected chi connectivity index (χ0v) is 12.5. The molecule has 0 bridgehead atoms. The molecule has 0 unspecified atom stereocenters. The highest BCUT2D eigenvalue weighted by atomic mass is 16.4. The molecule has 2 aromatic carbocycles. The van der Waals surface area contributed by atoms with Crippen molar-refractivity contribution in [2.45, 2.75) is 0 Å². The third kappa shape index (κ3) is 2.40. The Kier molecular flexibility index (Phi) is 3.28. The fraction of sp³-hybridized carbons (Fsp3) is 0. The summed E-state index contributed by atoms with van der Waals surface area (Å²) in [4.78, 5) is 23.7. The molecule has 2 heterocycles. The van der Waals surface area contributed by atoms with Gasteiger partial charge in [0.05, 0.1) is 22.3 Å². The van der Waals surface area contributed by atoms with Crippen LogP contribution >= 0.6 is 0 Å². The number of carboxylic acids is 1. The van der Waals surface area contributed by atoms with E-state index in [4.69, 9.17) is 5.11 Å². The molecule has 0 aliphatic heterocycles. The molecule has 0 saturated heterocycles. The van der Waals surface area contributed by atoms with E-state index < -0.39 is 5.97 Å². The molecule has 6 nitrogen and oxygen atoms in total. The molecule has 4 aromatic rings. The fourth-order valence-electron chi connectivity index (χ4n) is 2.59. The molecule has 0 radical (unpaired) electrons. The molecule has 6 heteroatoms. The van der Waals surface area contributed by atoms with Crippen LogP contribution in [0.15, 0.2) is 60.9 Å². The first-order chi connectivity index (χ1) is 11.7. The van der Waals surface area contributed by atoms with Gasteiger partial charge in [0.1, 0.15) is 0 Å². The Hall–Kier alpha value is -3.54. The van der Waals surface area contributed by atoms with Crippen LogP contribution in [0.1, 0.15) is 10.4 Å². The predicted molar refractivity (Wildman–Crippen MR) is 91.5 cm³/mol. The summed E-state index contributed by atoms with van der Waals surface area (Å²) >= 11 is 0. The number of nitrogens with zero attached hydrogens (tertiary/aromatic N) is 3. The van der Waals surface area contributed by atoms with E-state index in [1.165, 1.54) is 12.4 Å². The van der Waals surface area contributed by atoms with Crippen LogP contribution in [0, 0.1) is 0 Å². The van der Waals surface area contributed by atoms with Crippen molar-refractivity contribution >= 4 is 39.4 Å². The van der Waals surface area contributed by atoms with Crippen molar-refractivity contribution in [3.8, 4) is 0 Å². The first-order valence-electron chi connectivity index (χ1n) is 7.32. The maximum absolute atomic E-state index is 10.9. The maximum Gasteiger partial charge on any atom is 0.338 e. The zero-order chi connectivity index (χ0) is 16.5. The summed E-state index contributed by atoms with van der Waals surface area (Å²) in [6, 6.07) is 15.6. The number of para-hydroxylation sites is 2. The molecule has 0 aliphatic rings. The summed E-state index contributed by atoms with van der Waals surface area (Å²) in [5.41, 5.74) is 2.62. The zero-order valence-electron chi connectivity index (χ0n) is 12.5. The van der Waals surface area contributed by atoms with E-state index in [2.05, 4.69) is 20.3 Å². The predicted octanol–water partition coefficient (Wildman–Crippen LogP) is 3.62. The third-order valence-corrected chi connectivity index (χ3v) is 3.72. The Labute approximate surface area is 136 Å². The quantitative estimate of drug-likeness (QED) is 0.561. The van der Waals surface area contributed by atoms with Crippen LogP contribution in [0.2, 0.25) is 0 Å². The van der Waals surface area contributed by atoms with E-state index in [0.717, 1.165) is 27.5 Å². The summed E-state index contributed by atoms with van der Waals surface area (Å²) in [6.45, 7) is 0. The number of aromatic carboxylic acids is 1. The van der Waals surface area contributed by atoms with E-state index in [0.29, 0.717) is 5.95 Å². The van der Waals surface area contributed by atoms with E-state index in [1.54, 1.807) is 0 Å². The topological polar surface area (TPSA) is 88.0 Å². The molecular weight excluding hydrogens is 304 g/mol. The van der Waals surface area contributed by atoms with Gasteiger partial charge in [-0.3, -0.25) is 0 Å². The highest BCUT2D eigenvalue weighted by Gasteiger charge is 2.10. The van der Waals surface area contributed by atoms with Crippen molar-refractivity contribution in [3.05, 3.63) is 66.5 Å². The number of aromatic nitrogens is 3. The van der Waals surface area contributed by atoms with Crippen molar-refractivity contribution in [3.63, 3.8) is 0 Å². The molecular formula is C18H12N4O2. The molecule has 2 aromatic heterocycles. The molecule has 116 valence electrons. The number of hydrogen-bond acceptors (Lipinski definition) is 5.